The number of para-hydroxylation sites is 1. The molecular formula is C15H19F3N2O2S. The normalized spacial score (nSPS) is 18.5. The topological polar surface area (TPSA) is 50.4 Å². The Morgan fingerprint density at radius 1 is 1.39 bits per heavy atom. The van der Waals surface area contributed by atoms with Gasteiger partial charge in [0.2, 0.25) is 5.91 Å². The van der Waals surface area contributed by atoms with Gasteiger partial charge in [0.1, 0.15) is 12.4 Å². The number of carbonyl (C=O) groups excluding carboxylic acids is 1. The zero-order chi connectivity index (χ0) is 16.7. The molecule has 0 bridgehead atoms. The van der Waals surface area contributed by atoms with Gasteiger partial charge in [-0.15, -0.1) is 0 Å². The van der Waals surface area contributed by atoms with Crippen LogP contribution in [0.1, 0.15) is 12.0 Å². The summed E-state index contributed by atoms with van der Waals surface area (Å²) in [5.41, 5.74) is -0.810. The molecule has 0 spiro atoms. The number of hydrogen-bond acceptors (Lipinski definition) is 4. The fourth-order valence-corrected chi connectivity index (χ4v) is 3.17. The van der Waals surface area contributed by atoms with Gasteiger partial charge in [-0.2, -0.15) is 24.9 Å². The van der Waals surface area contributed by atoms with E-state index in [0.717, 1.165) is 24.1 Å². The largest absolute Gasteiger partial charge is 0.491 e. The molecule has 1 aliphatic heterocycles. The van der Waals surface area contributed by atoms with Crippen LogP contribution in [0.5, 0.6) is 5.75 Å². The monoisotopic (exact) mass is 348 g/mol. The molecule has 2 rings (SSSR count). The molecule has 8 heteroatoms. The molecule has 0 aromatic heterocycles. The van der Waals surface area contributed by atoms with E-state index in [0.29, 0.717) is 6.42 Å². The van der Waals surface area contributed by atoms with E-state index in [1.807, 2.05) is 0 Å². The summed E-state index contributed by atoms with van der Waals surface area (Å²) in [6.45, 7) is 1.05. The molecule has 1 amide bonds. The van der Waals surface area contributed by atoms with Crippen molar-refractivity contribution in [1.29, 1.82) is 0 Å². The van der Waals surface area contributed by atoms with Gasteiger partial charge in [0.25, 0.3) is 0 Å². The van der Waals surface area contributed by atoms with E-state index >= 15 is 0 Å². The van der Waals surface area contributed by atoms with Crippen molar-refractivity contribution >= 4 is 17.7 Å². The summed E-state index contributed by atoms with van der Waals surface area (Å²) in [6, 6.07) is 5.19. The van der Waals surface area contributed by atoms with Gasteiger partial charge in [-0.05, 0) is 12.1 Å². The summed E-state index contributed by atoms with van der Waals surface area (Å²) in [7, 11) is 0. The highest BCUT2D eigenvalue weighted by Crippen LogP contribution is 2.35. The molecule has 1 unspecified atom stereocenters. The van der Waals surface area contributed by atoms with E-state index in [9.17, 15) is 18.0 Å². The Bertz CT molecular complexity index is 520. The third-order valence-electron chi connectivity index (χ3n) is 3.30. The second-order valence-electron chi connectivity index (χ2n) is 5.12. The minimum atomic E-state index is -4.45. The predicted octanol–water partition coefficient (Wildman–Crippen LogP) is 2.30. The lowest BCUT2D eigenvalue weighted by Crippen LogP contribution is -2.41. The van der Waals surface area contributed by atoms with E-state index in [4.69, 9.17) is 4.74 Å². The van der Waals surface area contributed by atoms with Gasteiger partial charge in [-0.1, -0.05) is 12.1 Å². The molecule has 1 heterocycles. The summed E-state index contributed by atoms with van der Waals surface area (Å²) in [5.74, 6) is 1.59. The second kappa shape index (κ2) is 8.44. The first-order chi connectivity index (χ1) is 11.0. The SMILES string of the molecule is O=C(CC1CSCCN1)NCCOc1ccccc1C(F)(F)F. The second-order valence-corrected chi connectivity index (χ2v) is 6.27. The quantitative estimate of drug-likeness (QED) is 0.775. The number of rotatable bonds is 6. The van der Waals surface area contributed by atoms with Gasteiger partial charge in [0.15, 0.2) is 0 Å². The Hall–Kier alpha value is -1.41. The first-order valence-corrected chi connectivity index (χ1v) is 8.49. The molecule has 0 aliphatic carbocycles. The van der Waals surface area contributed by atoms with Crippen molar-refractivity contribution < 1.29 is 22.7 Å². The number of alkyl halides is 3. The molecule has 1 aromatic carbocycles. The zero-order valence-electron chi connectivity index (χ0n) is 12.5. The molecule has 2 N–H and O–H groups in total. The van der Waals surface area contributed by atoms with Crippen LogP contribution in [-0.2, 0) is 11.0 Å². The number of hydrogen-bond donors (Lipinski definition) is 2. The number of thioether (sulfide) groups is 1. The van der Waals surface area contributed by atoms with Crippen LogP contribution < -0.4 is 15.4 Å². The number of carbonyl (C=O) groups is 1. The number of ether oxygens (including phenoxy) is 1. The van der Waals surface area contributed by atoms with Crippen LogP contribution in [0.15, 0.2) is 24.3 Å². The number of benzene rings is 1. The van der Waals surface area contributed by atoms with Gasteiger partial charge in [-0.25, -0.2) is 0 Å². The highest BCUT2D eigenvalue weighted by Gasteiger charge is 2.33. The highest BCUT2D eigenvalue weighted by molar-refractivity contribution is 7.99. The van der Waals surface area contributed by atoms with Crippen molar-refractivity contribution in [2.75, 3.05) is 31.2 Å². The van der Waals surface area contributed by atoms with E-state index in [1.54, 1.807) is 11.8 Å². The van der Waals surface area contributed by atoms with Gasteiger partial charge in [0.05, 0.1) is 12.1 Å². The molecule has 1 atom stereocenters. The van der Waals surface area contributed by atoms with Crippen LogP contribution in [0.2, 0.25) is 0 Å². The summed E-state index contributed by atoms with van der Waals surface area (Å²) in [5, 5.41) is 5.92. The lowest BCUT2D eigenvalue weighted by atomic mass is 10.2. The Labute approximate surface area is 137 Å². The molecule has 1 aromatic rings. The highest BCUT2D eigenvalue weighted by atomic mass is 32.2. The molecule has 1 saturated heterocycles. The van der Waals surface area contributed by atoms with Crippen LogP contribution in [0.3, 0.4) is 0 Å². The molecule has 0 radical (unpaired) electrons. The lowest BCUT2D eigenvalue weighted by Gasteiger charge is -2.22. The van der Waals surface area contributed by atoms with Crippen molar-refractivity contribution in [3.05, 3.63) is 29.8 Å². The van der Waals surface area contributed by atoms with E-state index in [-0.39, 0.29) is 30.9 Å². The lowest BCUT2D eigenvalue weighted by molar-refractivity contribution is -0.139. The van der Waals surface area contributed by atoms with Crippen molar-refractivity contribution in [2.45, 2.75) is 18.6 Å². The molecular weight excluding hydrogens is 329 g/mol. The summed E-state index contributed by atoms with van der Waals surface area (Å²) < 4.78 is 43.5. The van der Waals surface area contributed by atoms with Gasteiger partial charge in [0, 0.05) is 30.5 Å². The van der Waals surface area contributed by atoms with Crippen LogP contribution in [0.4, 0.5) is 13.2 Å². The number of halogens is 3. The molecule has 23 heavy (non-hydrogen) atoms. The van der Waals surface area contributed by atoms with E-state index in [1.165, 1.54) is 18.2 Å². The Kier molecular flexibility index (Phi) is 6.59. The van der Waals surface area contributed by atoms with Gasteiger partial charge >= 0.3 is 6.18 Å². The minimum absolute atomic E-state index is 0.00826. The third kappa shape index (κ3) is 5.95. The maximum Gasteiger partial charge on any atom is 0.419 e. The van der Waals surface area contributed by atoms with Crippen molar-refractivity contribution in [1.82, 2.24) is 10.6 Å². The Balaban J connectivity index is 1.72. The van der Waals surface area contributed by atoms with Gasteiger partial charge in [-0.3, -0.25) is 4.79 Å². The minimum Gasteiger partial charge on any atom is -0.491 e. The van der Waals surface area contributed by atoms with Crippen molar-refractivity contribution in [2.24, 2.45) is 0 Å². The first kappa shape index (κ1) is 17.9. The number of amides is 1. The van der Waals surface area contributed by atoms with Gasteiger partial charge < -0.3 is 15.4 Å². The standard InChI is InChI=1S/C15H19F3N2O2S/c16-15(17,18)12-3-1-2-4-13(12)22-7-5-20-14(21)9-11-10-23-8-6-19-11/h1-4,11,19H,5-10H2,(H,20,21). The third-order valence-corrected chi connectivity index (χ3v) is 4.44. The van der Waals surface area contributed by atoms with Crippen LogP contribution in [-0.4, -0.2) is 43.2 Å². The van der Waals surface area contributed by atoms with Crippen molar-refractivity contribution in [3.8, 4) is 5.75 Å². The van der Waals surface area contributed by atoms with Crippen LogP contribution >= 0.6 is 11.8 Å². The van der Waals surface area contributed by atoms with Crippen LogP contribution in [0.25, 0.3) is 0 Å². The maximum atomic E-state index is 12.8. The average Bonchev–Trinajstić information content (AvgIpc) is 2.52. The Morgan fingerprint density at radius 3 is 2.87 bits per heavy atom. The predicted molar refractivity (Wildman–Crippen MR) is 83.7 cm³/mol. The summed E-state index contributed by atoms with van der Waals surface area (Å²) in [4.78, 5) is 11.8. The maximum absolute atomic E-state index is 12.8. The van der Waals surface area contributed by atoms with Crippen molar-refractivity contribution in [3.63, 3.8) is 0 Å². The smallest absolute Gasteiger partial charge is 0.419 e. The average molecular weight is 348 g/mol. The number of nitrogens with one attached hydrogen (secondary N) is 2. The molecule has 4 nitrogen and oxygen atoms in total. The van der Waals surface area contributed by atoms with E-state index in [2.05, 4.69) is 10.6 Å². The Morgan fingerprint density at radius 2 is 2.17 bits per heavy atom. The molecule has 1 aliphatic rings. The fraction of sp³-hybridized carbons (Fsp3) is 0.533. The molecule has 128 valence electrons. The zero-order valence-corrected chi connectivity index (χ0v) is 13.3. The molecule has 1 fully saturated rings. The fourth-order valence-electron chi connectivity index (χ4n) is 2.22. The summed E-state index contributed by atoms with van der Waals surface area (Å²) in [6.07, 6.45) is -4.09. The summed E-state index contributed by atoms with van der Waals surface area (Å²) >= 11 is 1.80. The van der Waals surface area contributed by atoms with E-state index < -0.39 is 11.7 Å². The molecule has 0 saturated carbocycles. The van der Waals surface area contributed by atoms with Crippen LogP contribution in [0, 0.1) is 0 Å². The first-order valence-electron chi connectivity index (χ1n) is 7.33.